The number of hydrogen-bond acceptors (Lipinski definition) is 3. The quantitative estimate of drug-likeness (QED) is 0.625. The smallest absolute Gasteiger partial charge is 0.387 e. The molecule has 0 radical (unpaired) electrons. The van der Waals surface area contributed by atoms with Crippen molar-refractivity contribution < 1.29 is 22.3 Å². The van der Waals surface area contributed by atoms with Crippen LogP contribution in [0.5, 0.6) is 5.75 Å². The van der Waals surface area contributed by atoms with Crippen molar-refractivity contribution in [1.82, 2.24) is 14.8 Å². The molecule has 0 atom stereocenters. The second kappa shape index (κ2) is 6.72. The number of halogens is 5. The van der Waals surface area contributed by atoms with E-state index in [-0.39, 0.29) is 33.5 Å². The average molecular weight is 372 g/mol. The van der Waals surface area contributed by atoms with Crippen molar-refractivity contribution in [1.29, 1.82) is 0 Å². The van der Waals surface area contributed by atoms with Gasteiger partial charge in [-0.15, -0.1) is 10.2 Å². The fraction of sp³-hybridized carbons (Fsp3) is 0.125. The molecular weight excluding hydrogens is 362 g/mol. The van der Waals surface area contributed by atoms with E-state index in [1.54, 1.807) is 0 Å². The minimum absolute atomic E-state index is 0.0879. The fourth-order valence-electron chi connectivity index (χ4n) is 2.37. The molecule has 0 spiro atoms. The Balaban J connectivity index is 2.14. The van der Waals surface area contributed by atoms with Crippen molar-refractivity contribution in [3.63, 3.8) is 0 Å². The molecule has 0 aliphatic heterocycles. The van der Waals surface area contributed by atoms with Crippen LogP contribution >= 0.6 is 11.6 Å². The molecule has 0 amide bonds. The highest BCUT2D eigenvalue weighted by atomic mass is 35.5. The van der Waals surface area contributed by atoms with Gasteiger partial charge in [-0.25, -0.2) is 8.78 Å². The minimum Gasteiger partial charge on any atom is -0.434 e. The summed E-state index contributed by atoms with van der Waals surface area (Å²) in [5, 5.41) is 7.82. The molecule has 0 N–H and O–H groups in total. The summed E-state index contributed by atoms with van der Waals surface area (Å²) in [6.45, 7) is -3.08. The highest BCUT2D eigenvalue weighted by Crippen LogP contribution is 2.34. The van der Waals surface area contributed by atoms with Gasteiger partial charge < -0.3 is 9.30 Å². The van der Waals surface area contributed by atoms with E-state index in [9.17, 15) is 17.6 Å². The van der Waals surface area contributed by atoms with Gasteiger partial charge in [-0.05, 0) is 30.3 Å². The molecule has 1 aromatic heterocycles. The van der Waals surface area contributed by atoms with Crippen LogP contribution in [0.2, 0.25) is 5.02 Å². The van der Waals surface area contributed by atoms with Gasteiger partial charge in [-0.1, -0.05) is 17.7 Å². The van der Waals surface area contributed by atoms with E-state index in [2.05, 4.69) is 14.9 Å². The molecule has 9 heteroatoms. The molecule has 0 aliphatic carbocycles. The van der Waals surface area contributed by atoms with Gasteiger partial charge >= 0.3 is 6.61 Å². The normalized spacial score (nSPS) is 11.2. The molecule has 0 saturated heterocycles. The van der Waals surface area contributed by atoms with E-state index in [0.717, 1.165) is 12.1 Å². The van der Waals surface area contributed by atoms with Gasteiger partial charge in [-0.2, -0.15) is 8.78 Å². The van der Waals surface area contributed by atoms with Gasteiger partial charge in [0.05, 0.1) is 11.1 Å². The predicted molar refractivity (Wildman–Crippen MR) is 83.4 cm³/mol. The highest BCUT2D eigenvalue weighted by Gasteiger charge is 2.22. The van der Waals surface area contributed by atoms with Crippen molar-refractivity contribution in [3.05, 3.63) is 53.1 Å². The fourth-order valence-corrected chi connectivity index (χ4v) is 2.53. The van der Waals surface area contributed by atoms with Crippen LogP contribution in [0.4, 0.5) is 17.6 Å². The number of alkyl halides is 2. The lowest BCUT2D eigenvalue weighted by molar-refractivity contribution is -0.0494. The standard InChI is InChI=1S/C16H10ClF4N3O/c1-24-14(9-6-5-8(17)7-12(9)25-16(20)21)22-23-15(24)13-10(18)3-2-4-11(13)19/h2-7,16H,1H3. The maximum atomic E-state index is 14.0. The van der Waals surface area contributed by atoms with Crippen molar-refractivity contribution in [3.8, 4) is 28.5 Å². The Hall–Kier alpha value is -2.61. The molecule has 3 aromatic rings. The summed E-state index contributed by atoms with van der Waals surface area (Å²) in [4.78, 5) is 0. The first-order valence-corrected chi connectivity index (χ1v) is 7.34. The van der Waals surface area contributed by atoms with Crippen molar-refractivity contribution in [2.75, 3.05) is 0 Å². The second-order valence-corrected chi connectivity index (χ2v) is 5.46. The lowest BCUT2D eigenvalue weighted by Crippen LogP contribution is -2.05. The SMILES string of the molecule is Cn1c(-c2ccc(Cl)cc2OC(F)F)nnc1-c1c(F)cccc1F. The Labute approximate surface area is 144 Å². The third-order valence-corrected chi connectivity index (χ3v) is 3.70. The van der Waals surface area contributed by atoms with Crippen LogP contribution in [0.1, 0.15) is 0 Å². The van der Waals surface area contributed by atoms with Gasteiger partial charge in [0, 0.05) is 12.1 Å². The molecule has 0 unspecified atom stereocenters. The van der Waals surface area contributed by atoms with Crippen LogP contribution < -0.4 is 4.74 Å². The lowest BCUT2D eigenvalue weighted by atomic mass is 10.1. The summed E-state index contributed by atoms with van der Waals surface area (Å²) in [6.07, 6.45) is 0. The first-order valence-electron chi connectivity index (χ1n) is 6.97. The largest absolute Gasteiger partial charge is 0.434 e. The molecule has 3 rings (SSSR count). The molecule has 4 nitrogen and oxygen atoms in total. The maximum absolute atomic E-state index is 14.0. The number of aromatic nitrogens is 3. The van der Waals surface area contributed by atoms with Gasteiger partial charge in [0.15, 0.2) is 11.6 Å². The third-order valence-electron chi connectivity index (χ3n) is 3.46. The van der Waals surface area contributed by atoms with Crippen LogP contribution in [0.25, 0.3) is 22.8 Å². The summed E-state index contributed by atoms with van der Waals surface area (Å²) < 4.78 is 58.9. The third kappa shape index (κ3) is 3.30. The Bertz CT molecular complexity index is 909. The topological polar surface area (TPSA) is 39.9 Å². The summed E-state index contributed by atoms with van der Waals surface area (Å²) >= 11 is 5.80. The Morgan fingerprint density at radius 3 is 2.32 bits per heavy atom. The minimum atomic E-state index is -3.08. The van der Waals surface area contributed by atoms with Crippen LogP contribution in [-0.2, 0) is 7.05 Å². The zero-order valence-electron chi connectivity index (χ0n) is 12.7. The highest BCUT2D eigenvalue weighted by molar-refractivity contribution is 6.30. The van der Waals surface area contributed by atoms with E-state index >= 15 is 0 Å². The maximum Gasteiger partial charge on any atom is 0.387 e. The van der Waals surface area contributed by atoms with Crippen molar-refractivity contribution >= 4 is 11.6 Å². The first kappa shape index (κ1) is 17.2. The van der Waals surface area contributed by atoms with Crippen LogP contribution in [-0.4, -0.2) is 21.4 Å². The van der Waals surface area contributed by atoms with E-state index in [1.807, 2.05) is 0 Å². The Kier molecular flexibility index (Phi) is 4.63. The Morgan fingerprint density at radius 2 is 1.68 bits per heavy atom. The molecule has 0 aliphatic rings. The van der Waals surface area contributed by atoms with Crippen LogP contribution in [0.15, 0.2) is 36.4 Å². The predicted octanol–water partition coefficient (Wildman–Crippen LogP) is 4.68. The van der Waals surface area contributed by atoms with Gasteiger partial charge in [0.1, 0.15) is 17.4 Å². The van der Waals surface area contributed by atoms with Crippen LogP contribution in [0.3, 0.4) is 0 Å². The van der Waals surface area contributed by atoms with E-state index < -0.39 is 18.2 Å². The average Bonchev–Trinajstić information content (AvgIpc) is 2.89. The summed E-state index contributed by atoms with van der Waals surface area (Å²) in [7, 11) is 1.46. The van der Waals surface area contributed by atoms with Gasteiger partial charge in [0.25, 0.3) is 0 Å². The number of rotatable bonds is 4. The zero-order valence-corrected chi connectivity index (χ0v) is 13.4. The van der Waals surface area contributed by atoms with E-state index in [1.165, 1.54) is 35.9 Å². The monoisotopic (exact) mass is 371 g/mol. The number of benzene rings is 2. The number of hydrogen-bond donors (Lipinski definition) is 0. The Morgan fingerprint density at radius 1 is 1.04 bits per heavy atom. The lowest BCUT2D eigenvalue weighted by Gasteiger charge is -2.11. The molecule has 0 fully saturated rings. The molecule has 0 saturated carbocycles. The molecule has 25 heavy (non-hydrogen) atoms. The second-order valence-electron chi connectivity index (χ2n) is 5.02. The molecule has 130 valence electrons. The number of nitrogens with zero attached hydrogens (tertiary/aromatic N) is 3. The number of ether oxygens (including phenoxy) is 1. The van der Waals surface area contributed by atoms with Crippen molar-refractivity contribution in [2.24, 2.45) is 7.05 Å². The summed E-state index contributed by atoms with van der Waals surface area (Å²) in [6, 6.07) is 7.44. The van der Waals surface area contributed by atoms with E-state index in [4.69, 9.17) is 11.6 Å². The summed E-state index contributed by atoms with van der Waals surface area (Å²) in [5.74, 6) is -1.86. The molecule has 2 aromatic carbocycles. The molecule has 1 heterocycles. The van der Waals surface area contributed by atoms with Gasteiger partial charge in [0.2, 0.25) is 0 Å². The van der Waals surface area contributed by atoms with E-state index in [0.29, 0.717) is 0 Å². The first-order chi connectivity index (χ1) is 11.9. The molecule has 0 bridgehead atoms. The van der Waals surface area contributed by atoms with Crippen LogP contribution in [0, 0.1) is 11.6 Å². The van der Waals surface area contributed by atoms with Crippen molar-refractivity contribution in [2.45, 2.75) is 6.61 Å². The molecular formula is C16H10ClF4N3O. The summed E-state index contributed by atoms with van der Waals surface area (Å²) in [5.41, 5.74) is -0.211. The zero-order chi connectivity index (χ0) is 18.1. The van der Waals surface area contributed by atoms with Gasteiger partial charge in [-0.3, -0.25) is 0 Å².